The lowest BCUT2D eigenvalue weighted by atomic mass is 10.1. The molecule has 0 bridgehead atoms. The molecule has 1 heterocycles. The van der Waals surface area contributed by atoms with Crippen molar-refractivity contribution in [3.05, 3.63) is 54.1 Å². The lowest BCUT2D eigenvalue weighted by Gasteiger charge is -2.33. The van der Waals surface area contributed by atoms with Crippen LogP contribution >= 0.6 is 0 Å². The van der Waals surface area contributed by atoms with Gasteiger partial charge >= 0.3 is 0 Å². The molecule has 144 valence electrons. The maximum atomic E-state index is 13.3. The number of carbonyl (C=O) groups is 1. The summed E-state index contributed by atoms with van der Waals surface area (Å²) in [6.07, 6.45) is 1.87. The zero-order valence-corrected chi connectivity index (χ0v) is 16.7. The third-order valence-electron chi connectivity index (χ3n) is 4.84. The highest BCUT2D eigenvalue weighted by atomic mass is 32.2. The van der Waals surface area contributed by atoms with E-state index in [1.165, 1.54) is 4.31 Å². The van der Waals surface area contributed by atoms with Crippen molar-refractivity contribution in [3.8, 4) is 5.75 Å². The predicted octanol–water partition coefficient (Wildman–Crippen LogP) is 2.83. The molecular formula is C20H24N2O4S. The average Bonchev–Trinajstić information content (AvgIpc) is 2.96. The molecule has 2 aromatic carbocycles. The first kappa shape index (κ1) is 19.2. The number of hydrogen-bond donors (Lipinski definition) is 0. The van der Waals surface area contributed by atoms with Crippen molar-refractivity contribution >= 4 is 27.3 Å². The Kier molecular flexibility index (Phi) is 5.15. The van der Waals surface area contributed by atoms with Crippen LogP contribution in [0.5, 0.6) is 5.75 Å². The normalized spacial score (nSPS) is 17.3. The molecule has 0 N–H and O–H groups in total. The molecule has 3 rings (SSSR count). The molecule has 2 atom stereocenters. The largest absolute Gasteiger partial charge is 0.497 e. The van der Waals surface area contributed by atoms with Crippen molar-refractivity contribution in [2.75, 3.05) is 22.6 Å². The van der Waals surface area contributed by atoms with E-state index in [1.54, 1.807) is 43.2 Å². The Hall–Kier alpha value is -2.54. The standard InChI is InChI=1S/C20H24N2O4S/c1-14-13-16-7-5-6-8-19(16)21(14)20(23)15(2)22(27(4,24)25)17-9-11-18(26-3)12-10-17/h5-12,14-15H,13H2,1-4H3/t14-,15-/m1/s1. The Morgan fingerprint density at radius 2 is 1.81 bits per heavy atom. The van der Waals surface area contributed by atoms with Gasteiger partial charge in [0.1, 0.15) is 11.8 Å². The van der Waals surface area contributed by atoms with Gasteiger partial charge in [-0.3, -0.25) is 9.10 Å². The third kappa shape index (κ3) is 3.64. The molecular weight excluding hydrogens is 364 g/mol. The zero-order valence-electron chi connectivity index (χ0n) is 15.9. The van der Waals surface area contributed by atoms with Gasteiger partial charge < -0.3 is 9.64 Å². The number of ether oxygens (including phenoxy) is 1. The third-order valence-corrected chi connectivity index (χ3v) is 6.08. The van der Waals surface area contributed by atoms with E-state index >= 15 is 0 Å². The molecule has 6 nitrogen and oxygen atoms in total. The lowest BCUT2D eigenvalue weighted by Crippen LogP contribution is -2.51. The van der Waals surface area contributed by atoms with Crippen LogP contribution < -0.4 is 13.9 Å². The van der Waals surface area contributed by atoms with Gasteiger partial charge in [0.25, 0.3) is 5.91 Å². The summed E-state index contributed by atoms with van der Waals surface area (Å²) >= 11 is 0. The Morgan fingerprint density at radius 3 is 2.41 bits per heavy atom. The topological polar surface area (TPSA) is 66.9 Å². The van der Waals surface area contributed by atoms with Crippen molar-refractivity contribution in [3.63, 3.8) is 0 Å². The Balaban J connectivity index is 1.97. The van der Waals surface area contributed by atoms with E-state index < -0.39 is 16.1 Å². The minimum Gasteiger partial charge on any atom is -0.497 e. The molecule has 0 fully saturated rings. The maximum Gasteiger partial charge on any atom is 0.250 e. The SMILES string of the molecule is COc1ccc(N([C@H](C)C(=O)N2c3ccccc3C[C@H]2C)S(C)(=O)=O)cc1. The van der Waals surface area contributed by atoms with Crippen LogP contribution in [0.15, 0.2) is 48.5 Å². The van der Waals surface area contributed by atoms with Crippen LogP contribution in [0, 0.1) is 0 Å². The molecule has 0 saturated carbocycles. The van der Waals surface area contributed by atoms with Gasteiger partial charge in [-0.05, 0) is 56.2 Å². The van der Waals surface area contributed by atoms with E-state index in [9.17, 15) is 13.2 Å². The number of sulfonamides is 1. The molecule has 0 spiro atoms. The molecule has 1 aliphatic rings. The van der Waals surface area contributed by atoms with E-state index in [-0.39, 0.29) is 11.9 Å². The number of carbonyl (C=O) groups excluding carboxylic acids is 1. The fraction of sp³-hybridized carbons (Fsp3) is 0.350. The number of benzene rings is 2. The number of para-hydroxylation sites is 1. The summed E-state index contributed by atoms with van der Waals surface area (Å²) in [5.41, 5.74) is 2.38. The molecule has 0 aliphatic carbocycles. The molecule has 27 heavy (non-hydrogen) atoms. The van der Waals surface area contributed by atoms with Gasteiger partial charge in [0.05, 0.1) is 19.1 Å². The van der Waals surface area contributed by atoms with E-state index in [0.717, 1.165) is 23.9 Å². The van der Waals surface area contributed by atoms with Crippen LogP contribution in [-0.2, 0) is 21.2 Å². The summed E-state index contributed by atoms with van der Waals surface area (Å²) in [5, 5.41) is 0. The zero-order chi connectivity index (χ0) is 19.8. The Morgan fingerprint density at radius 1 is 1.19 bits per heavy atom. The van der Waals surface area contributed by atoms with E-state index in [0.29, 0.717) is 11.4 Å². The number of fused-ring (bicyclic) bond motifs is 1. The summed E-state index contributed by atoms with van der Waals surface area (Å²) in [7, 11) is -2.12. The molecule has 2 aromatic rings. The van der Waals surface area contributed by atoms with Crippen molar-refractivity contribution in [1.29, 1.82) is 0 Å². The van der Waals surface area contributed by atoms with Crippen LogP contribution in [-0.4, -0.2) is 39.8 Å². The first-order valence-electron chi connectivity index (χ1n) is 8.78. The summed E-state index contributed by atoms with van der Waals surface area (Å²) in [6.45, 7) is 3.60. The van der Waals surface area contributed by atoms with Crippen LogP contribution in [0.2, 0.25) is 0 Å². The fourth-order valence-electron chi connectivity index (χ4n) is 3.63. The van der Waals surface area contributed by atoms with Crippen molar-refractivity contribution in [1.82, 2.24) is 0 Å². The summed E-state index contributed by atoms with van der Waals surface area (Å²) in [5.74, 6) is 0.377. The quantitative estimate of drug-likeness (QED) is 0.790. The number of methoxy groups -OCH3 is 1. The number of rotatable bonds is 5. The minimum atomic E-state index is -3.66. The molecule has 7 heteroatoms. The van der Waals surface area contributed by atoms with Crippen LogP contribution in [0.4, 0.5) is 11.4 Å². The number of amides is 1. The predicted molar refractivity (Wildman–Crippen MR) is 107 cm³/mol. The molecule has 0 saturated heterocycles. The van der Waals surface area contributed by atoms with Crippen LogP contribution in [0.3, 0.4) is 0 Å². The van der Waals surface area contributed by atoms with Crippen molar-refractivity contribution in [2.24, 2.45) is 0 Å². The number of hydrogen-bond acceptors (Lipinski definition) is 4. The highest BCUT2D eigenvalue weighted by Crippen LogP contribution is 2.34. The second-order valence-corrected chi connectivity index (χ2v) is 8.68. The summed E-state index contributed by atoms with van der Waals surface area (Å²) < 4.78 is 31.3. The van der Waals surface area contributed by atoms with E-state index in [2.05, 4.69) is 0 Å². The highest BCUT2D eigenvalue weighted by Gasteiger charge is 2.37. The van der Waals surface area contributed by atoms with Gasteiger partial charge in [-0.1, -0.05) is 18.2 Å². The molecule has 1 amide bonds. The van der Waals surface area contributed by atoms with Gasteiger partial charge in [-0.25, -0.2) is 8.42 Å². The molecule has 0 unspecified atom stereocenters. The van der Waals surface area contributed by atoms with Crippen LogP contribution in [0.25, 0.3) is 0 Å². The van der Waals surface area contributed by atoms with Gasteiger partial charge in [0.15, 0.2) is 0 Å². The first-order valence-corrected chi connectivity index (χ1v) is 10.6. The van der Waals surface area contributed by atoms with Crippen molar-refractivity contribution < 1.29 is 17.9 Å². The van der Waals surface area contributed by atoms with Crippen molar-refractivity contribution in [2.45, 2.75) is 32.4 Å². The van der Waals surface area contributed by atoms with Gasteiger partial charge in [0, 0.05) is 11.7 Å². The Bertz CT molecular complexity index is 941. The van der Waals surface area contributed by atoms with Crippen LogP contribution in [0.1, 0.15) is 19.4 Å². The van der Waals surface area contributed by atoms with Gasteiger partial charge in [-0.15, -0.1) is 0 Å². The number of nitrogens with zero attached hydrogens (tertiary/aromatic N) is 2. The summed E-state index contributed by atoms with van der Waals surface area (Å²) in [6, 6.07) is 13.5. The lowest BCUT2D eigenvalue weighted by molar-refractivity contribution is -0.119. The number of anilines is 2. The van der Waals surface area contributed by atoms with Gasteiger partial charge in [-0.2, -0.15) is 0 Å². The monoisotopic (exact) mass is 388 g/mol. The summed E-state index contributed by atoms with van der Waals surface area (Å²) in [4.78, 5) is 15.0. The second-order valence-electron chi connectivity index (χ2n) is 6.82. The second kappa shape index (κ2) is 7.23. The molecule has 1 aliphatic heterocycles. The van der Waals surface area contributed by atoms with E-state index in [1.807, 2.05) is 31.2 Å². The molecule has 0 aromatic heterocycles. The minimum absolute atomic E-state index is 0.0189. The fourth-order valence-corrected chi connectivity index (χ4v) is 4.80. The Labute approximate surface area is 160 Å². The smallest absolute Gasteiger partial charge is 0.250 e. The average molecular weight is 388 g/mol. The van der Waals surface area contributed by atoms with Gasteiger partial charge in [0.2, 0.25) is 10.0 Å². The molecule has 0 radical (unpaired) electrons. The first-order chi connectivity index (χ1) is 12.7. The van der Waals surface area contributed by atoms with E-state index in [4.69, 9.17) is 4.74 Å². The maximum absolute atomic E-state index is 13.3. The highest BCUT2D eigenvalue weighted by molar-refractivity contribution is 7.92.